The summed E-state index contributed by atoms with van der Waals surface area (Å²) in [5.41, 5.74) is 1.84. The summed E-state index contributed by atoms with van der Waals surface area (Å²) in [6.45, 7) is 3.87. The topological polar surface area (TPSA) is 50.8 Å². The highest BCUT2D eigenvalue weighted by atomic mass is 35.5. The monoisotopic (exact) mass is 394 g/mol. The van der Waals surface area contributed by atoms with E-state index in [1.807, 2.05) is 24.3 Å². The van der Waals surface area contributed by atoms with Gasteiger partial charge in [-0.15, -0.1) is 0 Å². The molecule has 5 nitrogen and oxygen atoms in total. The normalized spacial score (nSPS) is 14.8. The number of hydrogen-bond donors (Lipinski definition) is 1. The number of halogens is 2. The molecule has 138 valence electrons. The number of nitrogens with zero attached hydrogens (tertiary/aromatic N) is 1. The molecule has 1 N–H and O–H groups in total. The van der Waals surface area contributed by atoms with Crippen molar-refractivity contribution in [3.8, 4) is 5.75 Å². The number of amides is 1. The molecule has 0 aromatic heterocycles. The third-order valence-electron chi connectivity index (χ3n) is 4.04. The zero-order valence-corrected chi connectivity index (χ0v) is 15.7. The van der Waals surface area contributed by atoms with Gasteiger partial charge in [0.15, 0.2) is 6.61 Å². The molecule has 0 spiro atoms. The molecule has 0 bridgehead atoms. The highest BCUT2D eigenvalue weighted by Crippen LogP contribution is 2.27. The average Bonchev–Trinajstić information content (AvgIpc) is 2.65. The maximum Gasteiger partial charge on any atom is 0.262 e. The number of carbonyl (C=O) groups excluding carboxylic acids is 1. The second-order valence-electron chi connectivity index (χ2n) is 5.96. The molecule has 2 aromatic rings. The Labute approximate surface area is 162 Å². The molecule has 0 saturated carbocycles. The van der Waals surface area contributed by atoms with E-state index in [4.69, 9.17) is 32.7 Å². The molecule has 0 aliphatic carbocycles. The van der Waals surface area contributed by atoms with Crippen molar-refractivity contribution >= 4 is 34.8 Å². The van der Waals surface area contributed by atoms with Crippen molar-refractivity contribution in [3.05, 3.63) is 58.1 Å². The number of morpholine rings is 1. The minimum absolute atomic E-state index is 0.147. The first-order valence-electron chi connectivity index (χ1n) is 8.37. The quantitative estimate of drug-likeness (QED) is 0.808. The van der Waals surface area contributed by atoms with Crippen molar-refractivity contribution in [2.45, 2.75) is 6.54 Å². The van der Waals surface area contributed by atoms with Gasteiger partial charge in [-0.3, -0.25) is 9.69 Å². The van der Waals surface area contributed by atoms with Gasteiger partial charge in [0.2, 0.25) is 0 Å². The Balaban J connectivity index is 1.59. The minimum atomic E-state index is -0.254. The Kier molecular flexibility index (Phi) is 6.74. The van der Waals surface area contributed by atoms with Gasteiger partial charge in [0.05, 0.1) is 18.2 Å². The van der Waals surface area contributed by atoms with E-state index in [1.54, 1.807) is 18.2 Å². The summed E-state index contributed by atoms with van der Waals surface area (Å²) in [6.07, 6.45) is 0. The maximum absolute atomic E-state index is 12.3. The van der Waals surface area contributed by atoms with Crippen LogP contribution in [0.4, 0.5) is 5.69 Å². The van der Waals surface area contributed by atoms with Gasteiger partial charge in [0, 0.05) is 36.4 Å². The van der Waals surface area contributed by atoms with Crippen LogP contribution in [0.2, 0.25) is 10.0 Å². The van der Waals surface area contributed by atoms with E-state index in [0.29, 0.717) is 15.8 Å². The van der Waals surface area contributed by atoms with Crippen molar-refractivity contribution in [1.29, 1.82) is 0 Å². The molecule has 26 heavy (non-hydrogen) atoms. The first-order valence-corrected chi connectivity index (χ1v) is 9.13. The number of carbonyl (C=O) groups is 1. The second-order valence-corrected chi connectivity index (χ2v) is 6.80. The zero-order chi connectivity index (χ0) is 18.4. The SMILES string of the molecule is O=C(COc1cc(Cl)ccc1Cl)Nc1ccccc1CN1CCOCC1. The average molecular weight is 395 g/mol. The fourth-order valence-electron chi connectivity index (χ4n) is 2.70. The molecular formula is C19H20Cl2N2O3. The Morgan fingerprint density at radius 1 is 1.15 bits per heavy atom. The molecule has 0 unspecified atom stereocenters. The standard InChI is InChI=1S/C19H20Cl2N2O3/c20-15-5-6-16(21)18(11-15)26-13-19(24)22-17-4-2-1-3-14(17)12-23-7-9-25-10-8-23/h1-6,11H,7-10,12-13H2,(H,22,24). The third kappa shape index (κ3) is 5.35. The molecular weight excluding hydrogens is 375 g/mol. The molecule has 1 aliphatic rings. The zero-order valence-electron chi connectivity index (χ0n) is 14.2. The van der Waals surface area contributed by atoms with Gasteiger partial charge in [-0.1, -0.05) is 41.4 Å². The van der Waals surface area contributed by atoms with Crippen LogP contribution in [0.25, 0.3) is 0 Å². The Morgan fingerprint density at radius 2 is 1.92 bits per heavy atom. The summed E-state index contributed by atoms with van der Waals surface area (Å²) in [5.74, 6) is 0.131. The van der Waals surface area contributed by atoms with Crippen LogP contribution in [-0.4, -0.2) is 43.7 Å². The van der Waals surface area contributed by atoms with Gasteiger partial charge in [0.1, 0.15) is 5.75 Å². The highest BCUT2D eigenvalue weighted by Gasteiger charge is 2.14. The van der Waals surface area contributed by atoms with E-state index in [2.05, 4.69) is 10.2 Å². The Hall–Kier alpha value is -1.79. The Bertz CT molecular complexity index is 764. The predicted octanol–water partition coefficient (Wildman–Crippen LogP) is 3.84. The summed E-state index contributed by atoms with van der Waals surface area (Å²) in [6, 6.07) is 12.7. The number of rotatable bonds is 6. The lowest BCUT2D eigenvalue weighted by Crippen LogP contribution is -2.36. The lowest BCUT2D eigenvalue weighted by molar-refractivity contribution is -0.118. The van der Waals surface area contributed by atoms with E-state index in [1.165, 1.54) is 0 Å². The van der Waals surface area contributed by atoms with Crippen LogP contribution in [0.15, 0.2) is 42.5 Å². The van der Waals surface area contributed by atoms with Crippen molar-refractivity contribution < 1.29 is 14.3 Å². The molecule has 0 atom stereocenters. The van der Waals surface area contributed by atoms with Gasteiger partial charge in [-0.05, 0) is 23.8 Å². The fourth-order valence-corrected chi connectivity index (χ4v) is 3.03. The first-order chi connectivity index (χ1) is 12.6. The highest BCUT2D eigenvalue weighted by molar-refractivity contribution is 6.34. The number of ether oxygens (including phenoxy) is 2. The van der Waals surface area contributed by atoms with Crippen LogP contribution in [0.1, 0.15) is 5.56 Å². The van der Waals surface area contributed by atoms with E-state index < -0.39 is 0 Å². The maximum atomic E-state index is 12.3. The minimum Gasteiger partial charge on any atom is -0.482 e. The van der Waals surface area contributed by atoms with E-state index in [9.17, 15) is 4.79 Å². The van der Waals surface area contributed by atoms with Crippen LogP contribution in [0, 0.1) is 0 Å². The molecule has 7 heteroatoms. The first kappa shape index (κ1) is 19.0. The summed E-state index contributed by atoms with van der Waals surface area (Å²) >= 11 is 12.0. The molecule has 1 fully saturated rings. The smallest absolute Gasteiger partial charge is 0.262 e. The van der Waals surface area contributed by atoms with E-state index in [-0.39, 0.29) is 12.5 Å². The van der Waals surface area contributed by atoms with Gasteiger partial charge in [0.25, 0.3) is 5.91 Å². The van der Waals surface area contributed by atoms with Crippen LogP contribution in [-0.2, 0) is 16.1 Å². The molecule has 3 rings (SSSR count). The van der Waals surface area contributed by atoms with Crippen molar-refractivity contribution in [1.82, 2.24) is 4.90 Å². The van der Waals surface area contributed by atoms with Crippen LogP contribution < -0.4 is 10.1 Å². The summed E-state index contributed by atoms with van der Waals surface area (Å²) in [5, 5.41) is 3.82. The van der Waals surface area contributed by atoms with Gasteiger partial charge >= 0.3 is 0 Å². The largest absolute Gasteiger partial charge is 0.482 e. The number of para-hydroxylation sites is 1. The summed E-state index contributed by atoms with van der Waals surface area (Å²) < 4.78 is 10.9. The molecule has 2 aromatic carbocycles. The van der Waals surface area contributed by atoms with Crippen molar-refractivity contribution in [2.75, 3.05) is 38.2 Å². The van der Waals surface area contributed by atoms with Gasteiger partial charge in [-0.25, -0.2) is 0 Å². The van der Waals surface area contributed by atoms with Crippen molar-refractivity contribution in [3.63, 3.8) is 0 Å². The molecule has 0 radical (unpaired) electrons. The van der Waals surface area contributed by atoms with Crippen LogP contribution in [0.3, 0.4) is 0 Å². The number of nitrogens with one attached hydrogen (secondary N) is 1. The summed E-state index contributed by atoms with van der Waals surface area (Å²) in [4.78, 5) is 14.6. The number of anilines is 1. The second kappa shape index (κ2) is 9.24. The van der Waals surface area contributed by atoms with Crippen LogP contribution >= 0.6 is 23.2 Å². The molecule has 1 amide bonds. The molecule has 1 heterocycles. The number of hydrogen-bond acceptors (Lipinski definition) is 4. The fraction of sp³-hybridized carbons (Fsp3) is 0.316. The molecule has 1 aliphatic heterocycles. The number of benzene rings is 2. The third-order valence-corrected chi connectivity index (χ3v) is 4.59. The predicted molar refractivity (Wildman–Crippen MR) is 103 cm³/mol. The van der Waals surface area contributed by atoms with Crippen molar-refractivity contribution in [2.24, 2.45) is 0 Å². The molecule has 1 saturated heterocycles. The van der Waals surface area contributed by atoms with Gasteiger partial charge in [-0.2, -0.15) is 0 Å². The lowest BCUT2D eigenvalue weighted by Gasteiger charge is -2.27. The lowest BCUT2D eigenvalue weighted by atomic mass is 10.1. The summed E-state index contributed by atoms with van der Waals surface area (Å²) in [7, 11) is 0. The van der Waals surface area contributed by atoms with Crippen LogP contribution in [0.5, 0.6) is 5.75 Å². The van der Waals surface area contributed by atoms with E-state index >= 15 is 0 Å². The van der Waals surface area contributed by atoms with Gasteiger partial charge < -0.3 is 14.8 Å². The van der Waals surface area contributed by atoms with E-state index in [0.717, 1.165) is 44.1 Å². The Morgan fingerprint density at radius 3 is 2.73 bits per heavy atom.